The van der Waals surface area contributed by atoms with E-state index in [1.165, 1.54) is 4.68 Å². The van der Waals surface area contributed by atoms with E-state index < -0.39 is 0 Å². The van der Waals surface area contributed by atoms with Crippen LogP contribution >= 0.6 is 0 Å². The number of aromatic nitrogens is 3. The van der Waals surface area contributed by atoms with Crippen LogP contribution in [-0.2, 0) is 18.9 Å². The molecule has 3 heterocycles. The fourth-order valence-electron chi connectivity index (χ4n) is 5.04. The lowest BCUT2D eigenvalue weighted by molar-refractivity contribution is -0.112. The van der Waals surface area contributed by atoms with E-state index >= 15 is 0 Å². The molecule has 4 aromatic rings. The van der Waals surface area contributed by atoms with E-state index in [9.17, 15) is 14.4 Å². The minimum atomic E-state index is -0.268. The zero-order valence-electron chi connectivity index (χ0n) is 21.7. The highest BCUT2D eigenvalue weighted by Gasteiger charge is 2.25. The highest BCUT2D eigenvalue weighted by Crippen LogP contribution is 2.41. The summed E-state index contributed by atoms with van der Waals surface area (Å²) in [6.45, 7) is 6.88. The number of amides is 2. The lowest BCUT2D eigenvalue weighted by atomic mass is 9.97. The zero-order valence-corrected chi connectivity index (χ0v) is 21.7. The lowest BCUT2D eigenvalue weighted by Gasteiger charge is -2.15. The number of fused-ring (bicyclic) bond motifs is 1. The van der Waals surface area contributed by atoms with Crippen molar-refractivity contribution in [1.29, 1.82) is 0 Å². The second-order valence-corrected chi connectivity index (χ2v) is 9.71. The van der Waals surface area contributed by atoms with Gasteiger partial charge in [0.15, 0.2) is 5.82 Å². The van der Waals surface area contributed by atoms with Gasteiger partial charge in [0.25, 0.3) is 17.4 Å². The van der Waals surface area contributed by atoms with Crippen LogP contribution in [0.25, 0.3) is 33.3 Å². The van der Waals surface area contributed by atoms with E-state index in [2.05, 4.69) is 17.0 Å². The molecule has 5 rings (SSSR count). The minimum Gasteiger partial charge on any atom is -0.382 e. The first-order valence-corrected chi connectivity index (χ1v) is 12.5. The lowest BCUT2D eigenvalue weighted by Crippen LogP contribution is -2.27. The number of likely N-dealkylation sites (tertiary alicyclic amines) is 1. The SMILES string of the molecule is C=C(C)C(=O)Nc1ccc(-c2c(-c3ccc(C(=O)N4CCCC4)cc3)c3c(N)nn(C)c(=O)c3n2C)cc1. The molecule has 0 spiro atoms. The fourth-order valence-corrected chi connectivity index (χ4v) is 5.04. The predicted molar refractivity (Wildman–Crippen MR) is 150 cm³/mol. The van der Waals surface area contributed by atoms with Gasteiger partial charge in [-0.3, -0.25) is 14.4 Å². The highest BCUT2D eigenvalue weighted by molar-refractivity contribution is 6.09. The number of nitrogens with two attached hydrogens (primary N) is 1. The van der Waals surface area contributed by atoms with Crippen LogP contribution < -0.4 is 16.6 Å². The third-order valence-electron chi connectivity index (χ3n) is 7.02. The second-order valence-electron chi connectivity index (χ2n) is 9.71. The molecule has 2 aromatic carbocycles. The summed E-state index contributed by atoms with van der Waals surface area (Å²) >= 11 is 0. The number of anilines is 2. The molecule has 0 saturated carbocycles. The Kier molecular flexibility index (Phi) is 6.36. The second kappa shape index (κ2) is 9.66. The van der Waals surface area contributed by atoms with E-state index in [1.807, 2.05) is 52.9 Å². The van der Waals surface area contributed by atoms with Gasteiger partial charge in [-0.05, 0) is 55.2 Å². The quantitative estimate of drug-likeness (QED) is 0.395. The average Bonchev–Trinajstić information content (AvgIpc) is 3.54. The maximum atomic E-state index is 13.2. The Hall–Kier alpha value is -4.66. The van der Waals surface area contributed by atoms with Crippen LogP contribution in [0.15, 0.2) is 65.5 Å². The topological polar surface area (TPSA) is 115 Å². The number of carbonyl (C=O) groups excluding carboxylic acids is 2. The summed E-state index contributed by atoms with van der Waals surface area (Å²) in [5, 5.41) is 7.62. The van der Waals surface area contributed by atoms with Crippen molar-refractivity contribution in [2.24, 2.45) is 14.1 Å². The third kappa shape index (κ3) is 4.26. The standard InChI is InChI=1S/C29H30N6O3/c1-17(2)27(36)31-21-13-11-19(12-14-21)24-22(23-25(33(24)3)29(38)34(4)32-26(23)30)18-7-9-20(10-8-18)28(37)35-15-5-6-16-35/h7-14H,1,5-6,15-16H2,2-4H3,(H2,30,32)(H,31,36). The molecule has 2 amide bonds. The van der Waals surface area contributed by atoms with Gasteiger partial charge in [0.05, 0.1) is 11.1 Å². The number of hydrogen-bond acceptors (Lipinski definition) is 5. The van der Waals surface area contributed by atoms with E-state index in [1.54, 1.807) is 26.1 Å². The molecule has 1 fully saturated rings. The van der Waals surface area contributed by atoms with Gasteiger partial charge in [-0.2, -0.15) is 5.10 Å². The van der Waals surface area contributed by atoms with E-state index in [4.69, 9.17) is 5.73 Å². The Morgan fingerprint density at radius 3 is 2.18 bits per heavy atom. The van der Waals surface area contributed by atoms with Crippen LogP contribution in [0.1, 0.15) is 30.1 Å². The molecule has 0 unspecified atom stereocenters. The van der Waals surface area contributed by atoms with Crippen molar-refractivity contribution in [2.75, 3.05) is 24.1 Å². The molecule has 1 saturated heterocycles. The summed E-state index contributed by atoms with van der Waals surface area (Å²) < 4.78 is 3.06. The van der Waals surface area contributed by atoms with Crippen molar-refractivity contribution in [2.45, 2.75) is 19.8 Å². The number of nitrogen functional groups attached to an aromatic ring is 1. The first-order valence-electron chi connectivity index (χ1n) is 12.5. The van der Waals surface area contributed by atoms with Gasteiger partial charge < -0.3 is 20.5 Å². The van der Waals surface area contributed by atoms with Gasteiger partial charge in [0.1, 0.15) is 5.52 Å². The van der Waals surface area contributed by atoms with Gasteiger partial charge in [-0.1, -0.05) is 30.8 Å². The Bertz CT molecular complexity index is 1640. The molecule has 2 aromatic heterocycles. The highest BCUT2D eigenvalue weighted by atomic mass is 16.2. The first-order chi connectivity index (χ1) is 18.2. The van der Waals surface area contributed by atoms with E-state index in [0.717, 1.165) is 48.3 Å². The number of aryl methyl sites for hydroxylation is 2. The normalized spacial score (nSPS) is 13.2. The van der Waals surface area contributed by atoms with Crippen molar-refractivity contribution < 1.29 is 9.59 Å². The Balaban J connectivity index is 1.66. The van der Waals surface area contributed by atoms with Gasteiger partial charge in [-0.15, -0.1) is 0 Å². The van der Waals surface area contributed by atoms with E-state index in [0.29, 0.717) is 27.7 Å². The Labute approximate surface area is 220 Å². The molecule has 9 nitrogen and oxygen atoms in total. The minimum absolute atomic E-state index is 0.0228. The zero-order chi connectivity index (χ0) is 27.1. The molecule has 194 valence electrons. The van der Waals surface area contributed by atoms with Crippen LogP contribution in [-0.4, -0.2) is 44.2 Å². The van der Waals surface area contributed by atoms with Gasteiger partial charge >= 0.3 is 0 Å². The molecular formula is C29H30N6O3. The maximum absolute atomic E-state index is 13.2. The van der Waals surface area contributed by atoms with Gasteiger partial charge in [0.2, 0.25) is 0 Å². The smallest absolute Gasteiger partial charge is 0.291 e. The van der Waals surface area contributed by atoms with Crippen LogP contribution in [0.4, 0.5) is 11.5 Å². The monoisotopic (exact) mass is 510 g/mol. The summed E-state index contributed by atoms with van der Waals surface area (Å²) in [7, 11) is 3.40. The van der Waals surface area contributed by atoms with Crippen molar-refractivity contribution in [1.82, 2.24) is 19.2 Å². The summed E-state index contributed by atoms with van der Waals surface area (Å²) in [4.78, 5) is 40.0. The summed E-state index contributed by atoms with van der Waals surface area (Å²) in [6.07, 6.45) is 2.06. The molecule has 0 bridgehead atoms. The number of hydrogen-bond donors (Lipinski definition) is 2. The molecule has 1 aliphatic heterocycles. The molecule has 3 N–H and O–H groups in total. The molecule has 1 aliphatic rings. The van der Waals surface area contributed by atoms with Crippen LogP contribution in [0.2, 0.25) is 0 Å². The number of rotatable bonds is 5. The van der Waals surface area contributed by atoms with Crippen molar-refractivity contribution in [3.8, 4) is 22.4 Å². The number of nitrogens with zero attached hydrogens (tertiary/aromatic N) is 4. The summed E-state index contributed by atoms with van der Waals surface area (Å²) in [5.41, 5.74) is 11.4. The maximum Gasteiger partial charge on any atom is 0.291 e. The van der Waals surface area contributed by atoms with Crippen molar-refractivity contribution >= 4 is 34.2 Å². The predicted octanol–water partition coefficient (Wildman–Crippen LogP) is 3.94. The summed E-state index contributed by atoms with van der Waals surface area (Å²) in [5.74, 6) is 0.00473. The molecule has 0 radical (unpaired) electrons. The Morgan fingerprint density at radius 1 is 0.974 bits per heavy atom. The summed E-state index contributed by atoms with van der Waals surface area (Å²) in [6, 6.07) is 14.8. The molecule has 0 aliphatic carbocycles. The average molecular weight is 511 g/mol. The van der Waals surface area contributed by atoms with Gasteiger partial charge in [0, 0.05) is 49.6 Å². The largest absolute Gasteiger partial charge is 0.382 e. The van der Waals surface area contributed by atoms with Crippen LogP contribution in [0.3, 0.4) is 0 Å². The Morgan fingerprint density at radius 2 is 1.58 bits per heavy atom. The fraction of sp³-hybridized carbons (Fsp3) is 0.241. The first kappa shape index (κ1) is 25.0. The van der Waals surface area contributed by atoms with Gasteiger partial charge in [-0.25, -0.2) is 4.68 Å². The molecule has 38 heavy (non-hydrogen) atoms. The molecule has 0 atom stereocenters. The molecular weight excluding hydrogens is 480 g/mol. The van der Waals surface area contributed by atoms with Crippen molar-refractivity contribution in [3.63, 3.8) is 0 Å². The molecule has 9 heteroatoms. The van der Waals surface area contributed by atoms with E-state index in [-0.39, 0.29) is 23.2 Å². The number of carbonyl (C=O) groups is 2. The number of benzene rings is 2. The third-order valence-corrected chi connectivity index (χ3v) is 7.02. The van der Waals surface area contributed by atoms with Crippen molar-refractivity contribution in [3.05, 3.63) is 76.6 Å². The number of nitrogens with one attached hydrogen (secondary N) is 1. The van der Waals surface area contributed by atoms with Crippen LogP contribution in [0, 0.1) is 0 Å². The van der Waals surface area contributed by atoms with Crippen LogP contribution in [0.5, 0.6) is 0 Å².